The van der Waals surface area contributed by atoms with Crippen LogP contribution in [-0.4, -0.2) is 41.3 Å². The van der Waals surface area contributed by atoms with Crippen LogP contribution < -0.4 is 5.73 Å². The van der Waals surface area contributed by atoms with E-state index in [-0.39, 0.29) is 6.09 Å². The number of halogens is 1. The average Bonchev–Trinajstić information content (AvgIpc) is 2.81. The molecule has 1 amide bonds. The summed E-state index contributed by atoms with van der Waals surface area (Å²) in [6.07, 6.45) is 3.41. The summed E-state index contributed by atoms with van der Waals surface area (Å²) in [5, 5.41) is 13.0. The lowest BCUT2D eigenvalue weighted by molar-refractivity contribution is -0.113. The Morgan fingerprint density at radius 3 is 2.71 bits per heavy atom. The maximum absolute atomic E-state index is 13.0. The number of hydrogen-bond donors (Lipinski definition) is 2. The molecule has 1 saturated heterocycles. The zero-order chi connectivity index (χ0) is 24.7. The van der Waals surface area contributed by atoms with Crippen molar-refractivity contribution in [3.8, 4) is 11.1 Å². The second-order valence-electron chi connectivity index (χ2n) is 10.7. The van der Waals surface area contributed by atoms with E-state index in [0.717, 1.165) is 41.5 Å². The zero-order valence-electron chi connectivity index (χ0n) is 20.8. The van der Waals surface area contributed by atoms with E-state index in [1.165, 1.54) is 5.56 Å². The van der Waals surface area contributed by atoms with Crippen molar-refractivity contribution in [2.45, 2.75) is 76.4 Å². The fraction of sp³-hybridized carbons (Fsp3) is 0.536. The zero-order valence-corrected chi connectivity index (χ0v) is 21.5. The van der Waals surface area contributed by atoms with E-state index in [1.807, 2.05) is 39.0 Å². The Balaban J connectivity index is 1.82. The smallest absolute Gasteiger partial charge is 0.410 e. The highest BCUT2D eigenvalue weighted by atomic mass is 35.5. The molecule has 0 bridgehead atoms. The number of aliphatic hydroxyl groups is 1. The Kier molecular flexibility index (Phi) is 6.75. The van der Waals surface area contributed by atoms with Crippen LogP contribution in [0, 0.1) is 0 Å². The molecule has 2 aliphatic rings. The molecule has 2 unspecified atom stereocenters. The highest BCUT2D eigenvalue weighted by Crippen LogP contribution is 2.64. The number of amides is 1. The first kappa shape index (κ1) is 25.0. The third kappa shape index (κ3) is 4.12. The van der Waals surface area contributed by atoms with Crippen molar-refractivity contribution in [1.82, 2.24) is 4.90 Å². The van der Waals surface area contributed by atoms with Gasteiger partial charge in [-0.25, -0.2) is 4.79 Å². The number of likely N-dealkylation sites (tertiary alicyclic amines) is 1. The number of benzene rings is 2. The fourth-order valence-corrected chi connectivity index (χ4v) is 6.12. The fourth-order valence-electron chi connectivity index (χ4n) is 5.85. The summed E-state index contributed by atoms with van der Waals surface area (Å²) >= 11 is 6.79. The van der Waals surface area contributed by atoms with Gasteiger partial charge in [-0.1, -0.05) is 48.9 Å². The quantitative estimate of drug-likeness (QED) is 0.564. The Labute approximate surface area is 208 Å². The number of fused-ring (bicyclic) bond motifs is 2. The minimum Gasteiger partial charge on any atom is -0.444 e. The summed E-state index contributed by atoms with van der Waals surface area (Å²) in [7, 11) is 0. The minimum atomic E-state index is -1.12. The van der Waals surface area contributed by atoms with Gasteiger partial charge in [-0.05, 0) is 87.7 Å². The molecule has 6 heteroatoms. The van der Waals surface area contributed by atoms with E-state index in [4.69, 9.17) is 22.1 Å². The van der Waals surface area contributed by atoms with Crippen LogP contribution in [0.1, 0.15) is 70.1 Å². The lowest BCUT2D eigenvalue weighted by atomic mass is 9.48. The summed E-state index contributed by atoms with van der Waals surface area (Å²) in [6.45, 7) is 9.29. The first-order chi connectivity index (χ1) is 16.1. The average molecular weight is 485 g/mol. The first-order valence-electron chi connectivity index (χ1n) is 12.4. The molecule has 2 aromatic carbocycles. The summed E-state index contributed by atoms with van der Waals surface area (Å²) in [6, 6.07) is 12.3. The van der Waals surface area contributed by atoms with E-state index in [1.54, 1.807) is 4.90 Å². The SMILES string of the molecule is CCc1cccc(-c2c(Cl)ccc3c2C(O)(CCCN)C32CCCN(C(=O)OC(C)(C)C)C2)c1. The molecule has 5 nitrogen and oxygen atoms in total. The molecule has 1 fully saturated rings. The van der Waals surface area contributed by atoms with Gasteiger partial charge in [-0.15, -0.1) is 0 Å². The van der Waals surface area contributed by atoms with Gasteiger partial charge in [0.2, 0.25) is 0 Å². The summed E-state index contributed by atoms with van der Waals surface area (Å²) in [4.78, 5) is 14.7. The van der Waals surface area contributed by atoms with Crippen LogP contribution >= 0.6 is 11.6 Å². The molecule has 0 saturated carbocycles. The molecule has 2 aromatic rings. The Morgan fingerprint density at radius 2 is 2.03 bits per heavy atom. The lowest BCUT2D eigenvalue weighted by Crippen LogP contribution is -2.66. The van der Waals surface area contributed by atoms with Gasteiger partial charge in [0.25, 0.3) is 0 Å². The van der Waals surface area contributed by atoms with Gasteiger partial charge >= 0.3 is 6.09 Å². The van der Waals surface area contributed by atoms with Crippen molar-refractivity contribution in [3.05, 3.63) is 58.1 Å². The number of ether oxygens (including phenoxy) is 1. The van der Waals surface area contributed by atoms with Crippen LogP contribution in [0.4, 0.5) is 4.79 Å². The lowest BCUT2D eigenvalue weighted by Gasteiger charge is -2.61. The standard InChI is InChI=1S/C28H37ClN2O3/c1-5-19-9-6-10-20(17-19)23-22(29)12-11-21-24(23)28(33,14-7-15-30)27(21)13-8-16-31(18-27)25(32)34-26(2,3)4/h6,9-12,17,33H,5,7-8,13-16,18,30H2,1-4H3. The maximum Gasteiger partial charge on any atom is 0.410 e. The third-order valence-corrected chi connectivity index (χ3v) is 7.70. The molecule has 0 radical (unpaired) electrons. The molecule has 1 aliphatic heterocycles. The monoisotopic (exact) mass is 484 g/mol. The maximum atomic E-state index is 13.0. The number of rotatable bonds is 5. The Hall–Kier alpha value is -2.08. The Morgan fingerprint density at radius 1 is 1.26 bits per heavy atom. The van der Waals surface area contributed by atoms with Crippen molar-refractivity contribution in [1.29, 1.82) is 0 Å². The molecule has 1 heterocycles. The third-order valence-electron chi connectivity index (χ3n) is 7.39. The molecule has 34 heavy (non-hydrogen) atoms. The molecule has 0 aromatic heterocycles. The van der Waals surface area contributed by atoms with Crippen molar-refractivity contribution in [2.24, 2.45) is 5.73 Å². The molecular formula is C28H37ClN2O3. The van der Waals surface area contributed by atoms with E-state index >= 15 is 0 Å². The number of aryl methyl sites for hydroxylation is 1. The van der Waals surface area contributed by atoms with Crippen LogP contribution in [0.5, 0.6) is 0 Å². The Bertz CT molecular complexity index is 1080. The molecule has 1 spiro atoms. The van der Waals surface area contributed by atoms with Gasteiger partial charge < -0.3 is 20.5 Å². The van der Waals surface area contributed by atoms with Crippen molar-refractivity contribution < 1.29 is 14.6 Å². The van der Waals surface area contributed by atoms with E-state index in [9.17, 15) is 9.90 Å². The molecule has 1 aliphatic carbocycles. The van der Waals surface area contributed by atoms with Gasteiger partial charge in [-0.2, -0.15) is 0 Å². The van der Waals surface area contributed by atoms with E-state index in [0.29, 0.717) is 37.5 Å². The number of piperidine rings is 1. The first-order valence-corrected chi connectivity index (χ1v) is 12.8. The highest BCUT2D eigenvalue weighted by molar-refractivity contribution is 6.33. The number of nitrogens with zero attached hydrogens (tertiary/aromatic N) is 1. The van der Waals surface area contributed by atoms with Gasteiger partial charge in [-0.3, -0.25) is 0 Å². The summed E-state index contributed by atoms with van der Waals surface area (Å²) in [5.74, 6) is 0. The van der Waals surface area contributed by atoms with Gasteiger partial charge in [0.1, 0.15) is 11.2 Å². The number of carbonyl (C=O) groups is 1. The molecule has 3 N–H and O–H groups in total. The van der Waals surface area contributed by atoms with E-state index in [2.05, 4.69) is 25.1 Å². The van der Waals surface area contributed by atoms with E-state index < -0.39 is 16.6 Å². The van der Waals surface area contributed by atoms with Crippen LogP contribution in [0.3, 0.4) is 0 Å². The van der Waals surface area contributed by atoms with Gasteiger partial charge in [0.15, 0.2) is 0 Å². The predicted molar refractivity (Wildman–Crippen MR) is 137 cm³/mol. The van der Waals surface area contributed by atoms with Crippen LogP contribution in [-0.2, 0) is 22.2 Å². The van der Waals surface area contributed by atoms with Crippen molar-refractivity contribution >= 4 is 17.7 Å². The number of carbonyl (C=O) groups excluding carboxylic acids is 1. The predicted octanol–water partition coefficient (Wildman–Crippen LogP) is 5.78. The second-order valence-corrected chi connectivity index (χ2v) is 11.1. The molecule has 184 valence electrons. The second kappa shape index (κ2) is 9.18. The topological polar surface area (TPSA) is 75.8 Å². The molecule has 4 rings (SSSR count). The number of hydrogen-bond acceptors (Lipinski definition) is 4. The van der Waals surface area contributed by atoms with Crippen molar-refractivity contribution in [2.75, 3.05) is 19.6 Å². The normalized spacial score (nSPS) is 24.0. The van der Waals surface area contributed by atoms with Gasteiger partial charge in [0.05, 0.1) is 0 Å². The summed E-state index contributed by atoms with van der Waals surface area (Å²) in [5.41, 5.74) is 8.76. The number of nitrogens with two attached hydrogens (primary N) is 1. The molecular weight excluding hydrogens is 448 g/mol. The van der Waals surface area contributed by atoms with Crippen LogP contribution in [0.25, 0.3) is 11.1 Å². The molecule has 2 atom stereocenters. The van der Waals surface area contributed by atoms with Gasteiger partial charge in [0, 0.05) is 29.1 Å². The highest BCUT2D eigenvalue weighted by Gasteiger charge is 2.64. The minimum absolute atomic E-state index is 0.328. The summed E-state index contributed by atoms with van der Waals surface area (Å²) < 4.78 is 5.68. The van der Waals surface area contributed by atoms with Crippen LogP contribution in [0.2, 0.25) is 5.02 Å². The van der Waals surface area contributed by atoms with Crippen LogP contribution in [0.15, 0.2) is 36.4 Å². The largest absolute Gasteiger partial charge is 0.444 e. The van der Waals surface area contributed by atoms with Crippen molar-refractivity contribution in [3.63, 3.8) is 0 Å².